The third kappa shape index (κ3) is 4.10. The van der Waals surface area contributed by atoms with E-state index in [0.29, 0.717) is 22.8 Å². The molecule has 0 atom stereocenters. The number of carbonyl (C=O) groups excluding carboxylic acids is 1. The normalized spacial score (nSPS) is 12.1. The number of aromatic amines is 1. The first-order valence-corrected chi connectivity index (χ1v) is 6.62. The Bertz CT molecular complexity index is 813. The van der Waals surface area contributed by atoms with Crippen LogP contribution in [0.3, 0.4) is 0 Å². The Labute approximate surface area is 130 Å². The van der Waals surface area contributed by atoms with Crippen molar-refractivity contribution in [3.63, 3.8) is 0 Å². The van der Waals surface area contributed by atoms with Gasteiger partial charge in [-0.05, 0) is 31.2 Å². The maximum Gasteiger partial charge on any atom is 0.341 e. The Morgan fingerprint density at radius 2 is 2.00 bits per heavy atom. The summed E-state index contributed by atoms with van der Waals surface area (Å²) in [6, 6.07) is 7.96. The van der Waals surface area contributed by atoms with E-state index in [2.05, 4.69) is 10.3 Å². The molecule has 3 rings (SSSR count). The molecule has 2 heterocycles. The number of H-pyrrole nitrogens is 1. The van der Waals surface area contributed by atoms with Crippen molar-refractivity contribution < 1.29 is 19.4 Å². The third-order valence-electron chi connectivity index (χ3n) is 2.92. The lowest BCUT2D eigenvalue weighted by Gasteiger charge is -2.17. The minimum absolute atomic E-state index is 0.0659. The van der Waals surface area contributed by atoms with Crippen molar-refractivity contribution in [2.75, 3.05) is 17.7 Å². The molecule has 0 saturated heterocycles. The number of pyridine rings is 1. The molecular formula is C15H15N3O5. The minimum atomic E-state index is -1.20. The first-order valence-electron chi connectivity index (χ1n) is 6.62. The number of hydrogen-bond acceptors (Lipinski definition) is 5. The number of nitrogens with two attached hydrogens (primary N) is 1. The number of aromatic carboxylic acids is 1. The van der Waals surface area contributed by atoms with Gasteiger partial charge in [-0.15, -0.1) is 0 Å². The van der Waals surface area contributed by atoms with Crippen LogP contribution in [0, 0.1) is 6.92 Å². The fourth-order valence-corrected chi connectivity index (χ4v) is 1.83. The van der Waals surface area contributed by atoms with Crippen LogP contribution in [0.25, 0.3) is 0 Å². The van der Waals surface area contributed by atoms with Gasteiger partial charge in [-0.3, -0.25) is 9.59 Å². The second-order valence-corrected chi connectivity index (χ2v) is 4.78. The van der Waals surface area contributed by atoms with Gasteiger partial charge in [0.25, 0.3) is 11.5 Å². The van der Waals surface area contributed by atoms with Crippen LogP contribution in [0.5, 0.6) is 5.75 Å². The fourth-order valence-electron chi connectivity index (χ4n) is 1.83. The molecule has 8 heteroatoms. The second-order valence-electron chi connectivity index (χ2n) is 4.78. The van der Waals surface area contributed by atoms with E-state index in [1.807, 2.05) is 0 Å². The van der Waals surface area contributed by atoms with Gasteiger partial charge in [-0.2, -0.15) is 0 Å². The van der Waals surface area contributed by atoms with Gasteiger partial charge in [-0.1, -0.05) is 0 Å². The van der Waals surface area contributed by atoms with Crippen molar-refractivity contribution in [2.45, 2.75) is 6.92 Å². The van der Waals surface area contributed by atoms with Crippen LogP contribution in [-0.2, 0) is 4.79 Å². The number of rotatable bonds is 1. The largest absolute Gasteiger partial charge is 0.482 e. The van der Waals surface area contributed by atoms with Crippen molar-refractivity contribution in [1.29, 1.82) is 0 Å². The Morgan fingerprint density at radius 1 is 1.26 bits per heavy atom. The summed E-state index contributed by atoms with van der Waals surface area (Å²) in [7, 11) is 0. The highest BCUT2D eigenvalue weighted by Crippen LogP contribution is 2.29. The summed E-state index contributed by atoms with van der Waals surface area (Å²) >= 11 is 0. The molecule has 2 aromatic rings. The molecular weight excluding hydrogens is 302 g/mol. The monoisotopic (exact) mass is 317 g/mol. The Kier molecular flexibility index (Phi) is 4.65. The third-order valence-corrected chi connectivity index (χ3v) is 2.92. The zero-order chi connectivity index (χ0) is 17.0. The average Bonchev–Trinajstić information content (AvgIpc) is 2.48. The molecule has 120 valence electrons. The van der Waals surface area contributed by atoms with Gasteiger partial charge in [0.2, 0.25) is 0 Å². The Morgan fingerprint density at radius 3 is 2.65 bits per heavy atom. The van der Waals surface area contributed by atoms with E-state index in [-0.39, 0.29) is 18.1 Å². The lowest BCUT2D eigenvalue weighted by molar-refractivity contribution is -0.118. The number of ether oxygens (including phenoxy) is 1. The predicted octanol–water partition coefficient (Wildman–Crippen LogP) is 0.981. The van der Waals surface area contributed by atoms with Gasteiger partial charge in [0.05, 0.1) is 5.69 Å². The number of anilines is 2. The maximum absolute atomic E-state index is 10.8. The van der Waals surface area contributed by atoms with Crippen molar-refractivity contribution in [1.82, 2.24) is 4.98 Å². The SMILES string of the molecule is Cc1ccc(C(=O)O)c(=O)[nH]1.Nc1ccc2c(c1)OCC(=O)N2. The molecule has 0 unspecified atom stereocenters. The molecule has 1 amide bonds. The Balaban J connectivity index is 0.000000168. The van der Waals surface area contributed by atoms with E-state index in [1.165, 1.54) is 6.07 Å². The molecule has 1 aliphatic rings. The first kappa shape index (κ1) is 16.1. The summed E-state index contributed by atoms with van der Waals surface area (Å²) in [5, 5.41) is 11.1. The van der Waals surface area contributed by atoms with E-state index in [1.54, 1.807) is 31.2 Å². The fraction of sp³-hybridized carbons (Fsp3) is 0.133. The van der Waals surface area contributed by atoms with Crippen LogP contribution in [-0.4, -0.2) is 28.6 Å². The second kappa shape index (κ2) is 6.65. The van der Waals surface area contributed by atoms with Crippen LogP contribution in [0.2, 0.25) is 0 Å². The highest BCUT2D eigenvalue weighted by Gasteiger charge is 2.14. The van der Waals surface area contributed by atoms with Gasteiger partial charge in [0.15, 0.2) is 6.61 Å². The molecule has 0 spiro atoms. The molecule has 1 aromatic carbocycles. The Hall–Kier alpha value is -3.29. The number of hydrogen-bond donors (Lipinski definition) is 4. The van der Waals surface area contributed by atoms with Gasteiger partial charge in [-0.25, -0.2) is 4.79 Å². The van der Waals surface area contributed by atoms with Crippen LogP contribution in [0.4, 0.5) is 11.4 Å². The van der Waals surface area contributed by atoms with Gasteiger partial charge >= 0.3 is 5.97 Å². The lowest BCUT2D eigenvalue weighted by atomic mass is 10.2. The summed E-state index contributed by atoms with van der Waals surface area (Å²) in [6.07, 6.45) is 0. The predicted molar refractivity (Wildman–Crippen MR) is 83.7 cm³/mol. The number of nitrogens with one attached hydrogen (secondary N) is 2. The number of carbonyl (C=O) groups is 2. The number of carboxylic acids is 1. The van der Waals surface area contributed by atoms with Crippen molar-refractivity contribution in [3.05, 3.63) is 51.9 Å². The summed E-state index contributed by atoms with van der Waals surface area (Å²) in [6.45, 7) is 1.75. The van der Waals surface area contributed by atoms with E-state index in [9.17, 15) is 14.4 Å². The number of carboxylic acid groups (broad SMARTS) is 1. The van der Waals surface area contributed by atoms with E-state index in [4.69, 9.17) is 15.6 Å². The van der Waals surface area contributed by atoms with E-state index < -0.39 is 11.5 Å². The highest BCUT2D eigenvalue weighted by atomic mass is 16.5. The molecule has 0 saturated carbocycles. The summed E-state index contributed by atoms with van der Waals surface area (Å²) in [4.78, 5) is 34.4. The van der Waals surface area contributed by atoms with E-state index in [0.717, 1.165) is 0 Å². The number of aromatic nitrogens is 1. The molecule has 1 aromatic heterocycles. The first-order chi connectivity index (χ1) is 10.9. The molecule has 0 aliphatic carbocycles. The van der Waals surface area contributed by atoms with Crippen LogP contribution >= 0.6 is 0 Å². The van der Waals surface area contributed by atoms with Crippen molar-refractivity contribution in [2.24, 2.45) is 0 Å². The molecule has 23 heavy (non-hydrogen) atoms. The highest BCUT2D eigenvalue weighted by molar-refractivity contribution is 5.95. The molecule has 1 aliphatic heterocycles. The zero-order valence-corrected chi connectivity index (χ0v) is 12.3. The zero-order valence-electron chi connectivity index (χ0n) is 12.3. The number of aryl methyl sites for hydroxylation is 1. The smallest absolute Gasteiger partial charge is 0.341 e. The minimum Gasteiger partial charge on any atom is -0.482 e. The lowest BCUT2D eigenvalue weighted by Crippen LogP contribution is -2.25. The quantitative estimate of drug-likeness (QED) is 0.579. The van der Waals surface area contributed by atoms with Crippen molar-refractivity contribution in [3.8, 4) is 5.75 Å². The number of amides is 1. The van der Waals surface area contributed by atoms with Crippen LogP contribution < -0.4 is 21.3 Å². The van der Waals surface area contributed by atoms with Gasteiger partial charge < -0.3 is 25.9 Å². The standard InChI is InChI=1S/C8H8N2O2.C7H7NO3/c9-5-1-2-6-7(3-5)12-4-8(11)10-6;1-4-2-3-5(7(10)11)6(9)8-4/h1-3H,4,9H2,(H,10,11);2-3H,1H3,(H,8,9)(H,10,11). The van der Waals surface area contributed by atoms with Gasteiger partial charge in [0, 0.05) is 17.4 Å². The molecule has 8 nitrogen and oxygen atoms in total. The molecule has 0 radical (unpaired) electrons. The topological polar surface area (TPSA) is 135 Å². The van der Waals surface area contributed by atoms with Crippen LogP contribution in [0.1, 0.15) is 16.1 Å². The van der Waals surface area contributed by atoms with Gasteiger partial charge in [0.1, 0.15) is 11.3 Å². The van der Waals surface area contributed by atoms with E-state index >= 15 is 0 Å². The molecule has 0 fully saturated rings. The molecule has 0 bridgehead atoms. The maximum atomic E-state index is 10.8. The summed E-state index contributed by atoms with van der Waals surface area (Å²) < 4.78 is 5.12. The summed E-state index contributed by atoms with van der Waals surface area (Å²) in [5.74, 6) is -0.701. The van der Waals surface area contributed by atoms with Crippen LogP contribution in [0.15, 0.2) is 35.1 Å². The number of benzene rings is 1. The van der Waals surface area contributed by atoms with Crippen molar-refractivity contribution >= 4 is 23.3 Å². The number of nitrogen functional groups attached to an aromatic ring is 1. The molecule has 5 N–H and O–H groups in total. The number of fused-ring (bicyclic) bond motifs is 1. The summed E-state index contributed by atoms with van der Waals surface area (Å²) in [5.41, 5.74) is 6.70. The average molecular weight is 317 g/mol.